The van der Waals surface area contributed by atoms with E-state index in [1.54, 1.807) is 6.07 Å². The Hall–Kier alpha value is -1.51. The number of carbonyl (C=O) groups excluding carboxylic acids is 1. The van der Waals surface area contributed by atoms with Crippen molar-refractivity contribution in [3.63, 3.8) is 0 Å². The quantitative estimate of drug-likeness (QED) is 0.639. The predicted octanol–water partition coefficient (Wildman–Crippen LogP) is 1.19. The van der Waals surface area contributed by atoms with Crippen LogP contribution >= 0.6 is 15.9 Å². The maximum absolute atomic E-state index is 12.3. The van der Waals surface area contributed by atoms with Gasteiger partial charge in [-0.05, 0) is 22.0 Å². The van der Waals surface area contributed by atoms with E-state index in [0.29, 0.717) is 17.6 Å². The number of rotatable bonds is 5. The number of carbonyl (C=O) groups is 1. The smallest absolute Gasteiger partial charge is 0.283 e. The number of benzene rings is 1. The van der Waals surface area contributed by atoms with E-state index in [4.69, 9.17) is 9.84 Å². The van der Waals surface area contributed by atoms with Gasteiger partial charge in [0.15, 0.2) is 0 Å². The van der Waals surface area contributed by atoms with Crippen LogP contribution in [0.1, 0.15) is 10.4 Å². The van der Waals surface area contributed by atoms with Gasteiger partial charge in [-0.15, -0.1) is 0 Å². The molecule has 1 aromatic rings. The highest BCUT2D eigenvalue weighted by Crippen LogP contribution is 2.29. The number of aliphatic hydroxyl groups excluding tert-OH is 1. The van der Waals surface area contributed by atoms with Crippen LogP contribution < -0.4 is 0 Å². The average molecular weight is 345 g/mol. The SMILES string of the molecule is O=C(c1c(Br)cccc1[N+](=O)[O-])N1CC(OCCO)C1. The van der Waals surface area contributed by atoms with Crippen molar-refractivity contribution in [3.8, 4) is 0 Å². The average Bonchev–Trinajstić information content (AvgIpc) is 2.36. The lowest BCUT2D eigenvalue weighted by molar-refractivity contribution is -0.385. The van der Waals surface area contributed by atoms with Crippen molar-refractivity contribution in [2.75, 3.05) is 26.3 Å². The van der Waals surface area contributed by atoms with E-state index in [-0.39, 0.29) is 30.6 Å². The Morgan fingerprint density at radius 1 is 1.55 bits per heavy atom. The molecule has 1 aliphatic rings. The molecule has 0 bridgehead atoms. The molecule has 0 spiro atoms. The van der Waals surface area contributed by atoms with E-state index in [9.17, 15) is 14.9 Å². The zero-order valence-corrected chi connectivity index (χ0v) is 12.1. The maximum atomic E-state index is 12.3. The third kappa shape index (κ3) is 2.97. The summed E-state index contributed by atoms with van der Waals surface area (Å²) in [6.45, 7) is 0.899. The van der Waals surface area contributed by atoms with Crippen LogP contribution in [0.15, 0.2) is 22.7 Å². The van der Waals surface area contributed by atoms with Gasteiger partial charge in [0.25, 0.3) is 11.6 Å². The summed E-state index contributed by atoms with van der Waals surface area (Å²) in [4.78, 5) is 24.2. The second-order valence-electron chi connectivity index (χ2n) is 4.32. The number of nitro groups is 1. The first-order chi connectivity index (χ1) is 9.54. The van der Waals surface area contributed by atoms with Gasteiger partial charge in [-0.1, -0.05) is 6.07 Å². The summed E-state index contributed by atoms with van der Waals surface area (Å²) < 4.78 is 5.66. The molecular weight excluding hydrogens is 332 g/mol. The first-order valence-electron chi connectivity index (χ1n) is 5.99. The standard InChI is InChI=1S/C12H13BrN2O5/c13-9-2-1-3-10(15(18)19)11(9)12(17)14-6-8(7-14)20-5-4-16/h1-3,8,16H,4-7H2. The minimum absolute atomic E-state index is 0.0538. The van der Waals surface area contributed by atoms with E-state index in [0.717, 1.165) is 0 Å². The van der Waals surface area contributed by atoms with Crippen LogP contribution in [0.2, 0.25) is 0 Å². The fourth-order valence-corrected chi connectivity index (χ4v) is 2.49. The molecule has 0 aliphatic carbocycles. The van der Waals surface area contributed by atoms with Crippen LogP contribution in [0.5, 0.6) is 0 Å². The molecule has 2 rings (SSSR count). The van der Waals surface area contributed by atoms with Crippen LogP contribution in [-0.2, 0) is 4.74 Å². The second kappa shape index (κ2) is 6.29. The molecule has 0 atom stereocenters. The van der Waals surface area contributed by atoms with Crippen molar-refractivity contribution in [1.82, 2.24) is 4.90 Å². The van der Waals surface area contributed by atoms with Crippen molar-refractivity contribution >= 4 is 27.5 Å². The first-order valence-corrected chi connectivity index (χ1v) is 6.78. The summed E-state index contributed by atoms with van der Waals surface area (Å²) in [5.74, 6) is -0.395. The zero-order valence-electron chi connectivity index (χ0n) is 10.5. The Morgan fingerprint density at radius 2 is 2.25 bits per heavy atom. The largest absolute Gasteiger partial charge is 0.394 e. The molecule has 1 aliphatic heterocycles. The van der Waals surface area contributed by atoms with Gasteiger partial charge in [0.05, 0.1) is 24.2 Å². The molecule has 7 nitrogen and oxygen atoms in total. The number of ether oxygens (including phenoxy) is 1. The number of likely N-dealkylation sites (tertiary alicyclic amines) is 1. The Labute approximate surface area is 123 Å². The fraction of sp³-hybridized carbons (Fsp3) is 0.417. The van der Waals surface area contributed by atoms with E-state index in [2.05, 4.69) is 15.9 Å². The molecule has 1 saturated heterocycles. The van der Waals surface area contributed by atoms with Gasteiger partial charge in [-0.2, -0.15) is 0 Å². The Kier molecular flexibility index (Phi) is 4.69. The van der Waals surface area contributed by atoms with Gasteiger partial charge in [-0.25, -0.2) is 0 Å². The molecule has 0 radical (unpaired) electrons. The zero-order chi connectivity index (χ0) is 14.7. The van der Waals surface area contributed by atoms with Crippen molar-refractivity contribution in [3.05, 3.63) is 38.3 Å². The van der Waals surface area contributed by atoms with E-state index >= 15 is 0 Å². The summed E-state index contributed by atoms with van der Waals surface area (Å²) in [5.41, 5.74) is -0.165. The minimum Gasteiger partial charge on any atom is -0.394 e. The molecule has 1 fully saturated rings. The lowest BCUT2D eigenvalue weighted by atomic mass is 10.1. The molecule has 20 heavy (non-hydrogen) atoms. The minimum atomic E-state index is -0.572. The topological polar surface area (TPSA) is 92.9 Å². The number of aliphatic hydroxyl groups is 1. The van der Waals surface area contributed by atoms with Crippen molar-refractivity contribution in [2.24, 2.45) is 0 Å². The van der Waals surface area contributed by atoms with E-state index in [1.807, 2.05) is 0 Å². The molecule has 1 N–H and O–H groups in total. The number of nitro benzene ring substituents is 1. The molecular formula is C12H13BrN2O5. The Bertz CT molecular complexity index is 531. The lowest BCUT2D eigenvalue weighted by Crippen LogP contribution is -2.55. The van der Waals surface area contributed by atoms with Gasteiger partial charge in [0, 0.05) is 23.6 Å². The van der Waals surface area contributed by atoms with Gasteiger partial charge >= 0.3 is 0 Å². The van der Waals surface area contributed by atoms with Gasteiger partial charge in [0.1, 0.15) is 5.56 Å². The summed E-state index contributed by atoms with van der Waals surface area (Å²) in [5, 5.41) is 19.6. The highest BCUT2D eigenvalue weighted by molar-refractivity contribution is 9.10. The van der Waals surface area contributed by atoms with E-state index < -0.39 is 10.8 Å². The van der Waals surface area contributed by atoms with Crippen molar-refractivity contribution in [2.45, 2.75) is 6.10 Å². The highest BCUT2D eigenvalue weighted by atomic mass is 79.9. The highest BCUT2D eigenvalue weighted by Gasteiger charge is 2.35. The molecule has 1 aromatic carbocycles. The lowest BCUT2D eigenvalue weighted by Gasteiger charge is -2.38. The van der Waals surface area contributed by atoms with Gasteiger partial charge in [-0.3, -0.25) is 14.9 Å². The van der Waals surface area contributed by atoms with Gasteiger partial charge in [0.2, 0.25) is 0 Å². The Balaban J connectivity index is 2.10. The molecule has 0 unspecified atom stereocenters. The van der Waals surface area contributed by atoms with Crippen molar-refractivity contribution in [1.29, 1.82) is 0 Å². The number of halogens is 1. The molecule has 1 heterocycles. The van der Waals surface area contributed by atoms with Crippen LogP contribution in [0, 0.1) is 10.1 Å². The molecule has 0 saturated carbocycles. The van der Waals surface area contributed by atoms with Crippen LogP contribution in [0.3, 0.4) is 0 Å². The molecule has 108 valence electrons. The Morgan fingerprint density at radius 3 is 2.85 bits per heavy atom. The van der Waals surface area contributed by atoms with Crippen molar-refractivity contribution < 1.29 is 19.6 Å². The maximum Gasteiger partial charge on any atom is 0.283 e. The van der Waals surface area contributed by atoms with Crippen LogP contribution in [-0.4, -0.2) is 53.2 Å². The fourth-order valence-electron chi connectivity index (χ4n) is 1.96. The summed E-state index contributed by atoms with van der Waals surface area (Å²) in [7, 11) is 0. The normalized spacial score (nSPS) is 15.0. The van der Waals surface area contributed by atoms with Crippen LogP contribution in [0.4, 0.5) is 5.69 Å². The number of hydrogen-bond acceptors (Lipinski definition) is 5. The van der Waals surface area contributed by atoms with Gasteiger partial charge < -0.3 is 14.7 Å². The predicted molar refractivity (Wildman–Crippen MR) is 73.5 cm³/mol. The number of hydrogen-bond donors (Lipinski definition) is 1. The molecule has 0 aromatic heterocycles. The summed E-state index contributed by atoms with van der Waals surface area (Å²) in [6.07, 6.45) is -0.118. The third-order valence-corrected chi connectivity index (χ3v) is 3.64. The second-order valence-corrected chi connectivity index (χ2v) is 5.17. The monoisotopic (exact) mass is 344 g/mol. The number of amides is 1. The van der Waals surface area contributed by atoms with Crippen LogP contribution in [0.25, 0.3) is 0 Å². The first kappa shape index (κ1) is 14.9. The molecule has 1 amide bonds. The van der Waals surface area contributed by atoms with E-state index in [1.165, 1.54) is 17.0 Å². The number of nitrogens with zero attached hydrogens (tertiary/aromatic N) is 2. The third-order valence-electron chi connectivity index (χ3n) is 2.98. The summed E-state index contributed by atoms with van der Waals surface area (Å²) in [6, 6.07) is 4.42. The summed E-state index contributed by atoms with van der Waals surface area (Å²) >= 11 is 3.18. The molecule has 8 heteroatoms.